The van der Waals surface area contributed by atoms with E-state index in [0.717, 1.165) is 36.9 Å². The number of Topliss-reactive ketones (excluding diaryl/α,β-unsaturated/α-hetero) is 2. The molecule has 0 radical (unpaired) electrons. The van der Waals surface area contributed by atoms with Crippen molar-refractivity contribution < 1.29 is 38.8 Å². The van der Waals surface area contributed by atoms with Gasteiger partial charge in [0.15, 0.2) is 29.8 Å². The van der Waals surface area contributed by atoms with Crippen LogP contribution in [0.15, 0.2) is 9.98 Å². The number of alkyl halides is 1. The Morgan fingerprint density at radius 2 is 1.90 bits per heavy atom. The Balaban J connectivity index is 2.19. The fraction of sp³-hybridized carbons (Fsp3) is 0.688. The number of halogens is 1. The molecule has 3 aliphatic heterocycles. The highest BCUT2D eigenvalue weighted by molar-refractivity contribution is 6.40. The van der Waals surface area contributed by atoms with E-state index in [1.807, 2.05) is 0 Å². The molecule has 1 fully saturated rings. The number of ketones is 2. The van der Waals surface area contributed by atoms with Crippen LogP contribution in [0, 0.1) is 0 Å². The van der Waals surface area contributed by atoms with Crippen molar-refractivity contribution in [2.75, 3.05) is 6.61 Å². The van der Waals surface area contributed by atoms with Crippen LogP contribution in [0.5, 0.6) is 0 Å². The number of hydrogen-bond donors (Lipinski definition) is 4. The lowest BCUT2D eigenvalue weighted by molar-refractivity contribution is -0.155. The number of amidine groups is 1. The molecule has 0 aromatic carbocycles. The SMILES string of the molecule is CC(=O)C1=NC(N)(F)C2(C(C)=O)N=CN([C@@H]3O[C@H](CO)C(O)C3O)C2N1C(C)=O. The maximum Gasteiger partial charge on any atom is 0.291 e. The number of nitrogens with zero attached hydrogens (tertiary/aromatic N) is 4. The highest BCUT2D eigenvalue weighted by Gasteiger charge is 2.70. The monoisotopic (exact) mass is 415 g/mol. The smallest absolute Gasteiger partial charge is 0.291 e. The minimum Gasteiger partial charge on any atom is -0.394 e. The number of amides is 1. The summed E-state index contributed by atoms with van der Waals surface area (Å²) in [5.41, 5.74) is 3.21. The van der Waals surface area contributed by atoms with E-state index >= 15 is 4.39 Å². The van der Waals surface area contributed by atoms with Crippen LogP contribution in [-0.4, -0.2) is 104 Å². The molecule has 7 atom stereocenters. The van der Waals surface area contributed by atoms with E-state index in [1.54, 1.807) is 0 Å². The molecule has 5 unspecified atom stereocenters. The molecule has 160 valence electrons. The Labute approximate surface area is 164 Å². The second kappa shape index (κ2) is 6.88. The molecule has 5 N–H and O–H groups in total. The fourth-order valence-electron chi connectivity index (χ4n) is 3.92. The maximum absolute atomic E-state index is 15.5. The number of fused-ring (bicyclic) bond motifs is 1. The van der Waals surface area contributed by atoms with Gasteiger partial charge in [-0.3, -0.25) is 25.0 Å². The number of ether oxygens (including phenoxy) is 1. The zero-order valence-electron chi connectivity index (χ0n) is 15.9. The predicted molar refractivity (Wildman–Crippen MR) is 94.0 cm³/mol. The molecule has 0 bridgehead atoms. The van der Waals surface area contributed by atoms with Crippen LogP contribution in [0.2, 0.25) is 0 Å². The van der Waals surface area contributed by atoms with E-state index in [9.17, 15) is 29.7 Å². The van der Waals surface area contributed by atoms with Crippen LogP contribution in [0.25, 0.3) is 0 Å². The number of carbonyl (C=O) groups excluding carboxylic acids is 3. The van der Waals surface area contributed by atoms with Gasteiger partial charge < -0.3 is 25.0 Å². The van der Waals surface area contributed by atoms with Gasteiger partial charge in [-0.1, -0.05) is 0 Å². The zero-order valence-corrected chi connectivity index (χ0v) is 15.9. The first-order chi connectivity index (χ1) is 13.4. The summed E-state index contributed by atoms with van der Waals surface area (Å²) < 4.78 is 20.9. The van der Waals surface area contributed by atoms with E-state index < -0.39 is 72.1 Å². The van der Waals surface area contributed by atoms with Crippen LogP contribution in [0.1, 0.15) is 20.8 Å². The Morgan fingerprint density at radius 1 is 1.28 bits per heavy atom. The molecule has 13 heteroatoms. The van der Waals surface area contributed by atoms with E-state index in [0.29, 0.717) is 0 Å². The summed E-state index contributed by atoms with van der Waals surface area (Å²) in [4.78, 5) is 46.2. The zero-order chi connectivity index (χ0) is 21.9. The van der Waals surface area contributed by atoms with Gasteiger partial charge in [0.25, 0.3) is 5.92 Å². The summed E-state index contributed by atoms with van der Waals surface area (Å²) in [6, 6.07) is 0. The molecular formula is C16H22FN5O7. The minimum absolute atomic E-state index is 0.633. The molecule has 3 rings (SSSR count). The lowest BCUT2D eigenvalue weighted by Gasteiger charge is -2.49. The second-order valence-corrected chi connectivity index (χ2v) is 7.17. The first-order valence-corrected chi connectivity index (χ1v) is 8.75. The molecule has 3 heterocycles. The van der Waals surface area contributed by atoms with Gasteiger partial charge in [0.2, 0.25) is 11.4 Å². The Bertz CT molecular complexity index is 817. The van der Waals surface area contributed by atoms with Crippen molar-refractivity contribution in [3.05, 3.63) is 0 Å². The third-order valence-electron chi connectivity index (χ3n) is 5.33. The molecule has 0 aromatic heterocycles. The number of rotatable bonds is 4. The standard InChI is InChI=1S/C16H22FN5O7/c1-6(24)12-20-16(17,18)15(7(2)25)14(22(12)8(3)26)21(5-19-15)13-11(28)10(27)9(4-23)29-13/h5,9-11,13-14,23,27-28H,4,18H2,1-3H3/t9-,10?,11?,13-,14?,15?,16?/m1/s1. The van der Waals surface area contributed by atoms with Crippen molar-refractivity contribution in [1.29, 1.82) is 0 Å². The quantitative estimate of drug-likeness (QED) is 0.345. The van der Waals surface area contributed by atoms with Crippen molar-refractivity contribution in [2.24, 2.45) is 15.7 Å². The molecule has 1 amide bonds. The average molecular weight is 415 g/mol. The molecule has 3 aliphatic rings. The van der Waals surface area contributed by atoms with Crippen molar-refractivity contribution >= 4 is 29.6 Å². The first-order valence-electron chi connectivity index (χ1n) is 8.75. The lowest BCUT2D eigenvalue weighted by Crippen LogP contribution is -2.76. The van der Waals surface area contributed by atoms with E-state index in [1.165, 1.54) is 0 Å². The number of carbonyl (C=O) groups is 3. The normalized spacial score (nSPS) is 41.4. The van der Waals surface area contributed by atoms with Crippen LogP contribution < -0.4 is 5.73 Å². The fourth-order valence-corrected chi connectivity index (χ4v) is 3.92. The van der Waals surface area contributed by atoms with Crippen molar-refractivity contribution in [2.45, 2.75) is 62.9 Å². The van der Waals surface area contributed by atoms with E-state index in [2.05, 4.69) is 9.98 Å². The summed E-state index contributed by atoms with van der Waals surface area (Å²) in [5.74, 6) is -6.28. The molecule has 0 aromatic rings. The average Bonchev–Trinajstić information content (AvgIpc) is 3.14. The lowest BCUT2D eigenvalue weighted by atomic mass is 9.84. The summed E-state index contributed by atoms with van der Waals surface area (Å²) in [7, 11) is 0. The van der Waals surface area contributed by atoms with Gasteiger partial charge >= 0.3 is 0 Å². The molecule has 0 saturated carbocycles. The van der Waals surface area contributed by atoms with Crippen LogP contribution >= 0.6 is 0 Å². The Kier molecular flexibility index (Phi) is 5.07. The van der Waals surface area contributed by atoms with Gasteiger partial charge in [-0.05, 0) is 6.92 Å². The second-order valence-electron chi connectivity index (χ2n) is 7.17. The van der Waals surface area contributed by atoms with Crippen molar-refractivity contribution in [3.8, 4) is 0 Å². The molecular weight excluding hydrogens is 393 g/mol. The van der Waals surface area contributed by atoms with E-state index in [-0.39, 0.29) is 0 Å². The van der Waals surface area contributed by atoms with E-state index in [4.69, 9.17) is 10.5 Å². The van der Waals surface area contributed by atoms with Gasteiger partial charge in [-0.25, -0.2) is 9.98 Å². The van der Waals surface area contributed by atoms with Crippen LogP contribution in [0.3, 0.4) is 0 Å². The highest BCUT2D eigenvalue weighted by atomic mass is 19.1. The number of aliphatic hydroxyl groups is 3. The van der Waals surface area contributed by atoms with Gasteiger partial charge in [-0.15, -0.1) is 0 Å². The van der Waals surface area contributed by atoms with Gasteiger partial charge in [0, 0.05) is 13.8 Å². The molecule has 12 nitrogen and oxygen atoms in total. The minimum atomic E-state index is -3.19. The van der Waals surface area contributed by atoms with Crippen LogP contribution in [-0.2, 0) is 19.1 Å². The van der Waals surface area contributed by atoms with Crippen molar-refractivity contribution in [1.82, 2.24) is 9.80 Å². The summed E-state index contributed by atoms with van der Waals surface area (Å²) in [6.45, 7) is 2.47. The molecule has 0 spiro atoms. The summed E-state index contributed by atoms with van der Waals surface area (Å²) >= 11 is 0. The van der Waals surface area contributed by atoms with Crippen molar-refractivity contribution in [3.63, 3.8) is 0 Å². The number of hydrogen-bond acceptors (Lipinski definition) is 11. The summed E-state index contributed by atoms with van der Waals surface area (Å²) in [5, 5.41) is 29.7. The first kappa shape index (κ1) is 21.4. The number of aliphatic hydroxyl groups excluding tert-OH is 3. The predicted octanol–water partition coefficient (Wildman–Crippen LogP) is -3.15. The maximum atomic E-state index is 15.5. The number of aliphatic imine (C=N–C) groups is 2. The topological polar surface area (TPSA) is 178 Å². The third kappa shape index (κ3) is 2.80. The highest BCUT2D eigenvalue weighted by Crippen LogP contribution is 2.44. The Morgan fingerprint density at radius 3 is 2.34 bits per heavy atom. The van der Waals surface area contributed by atoms with Gasteiger partial charge in [0.05, 0.1) is 12.9 Å². The molecule has 0 aliphatic carbocycles. The molecule has 1 saturated heterocycles. The number of nitrogens with two attached hydrogens (primary N) is 1. The van der Waals surface area contributed by atoms with Crippen LogP contribution in [0.4, 0.5) is 4.39 Å². The molecule has 29 heavy (non-hydrogen) atoms. The third-order valence-corrected chi connectivity index (χ3v) is 5.33. The van der Waals surface area contributed by atoms with Gasteiger partial charge in [0.1, 0.15) is 18.3 Å². The summed E-state index contributed by atoms with van der Waals surface area (Å²) in [6.07, 6.45) is -6.42. The van der Waals surface area contributed by atoms with Gasteiger partial charge in [-0.2, -0.15) is 4.39 Å². The Hall–Kier alpha value is -2.32. The largest absolute Gasteiger partial charge is 0.394 e.